The zero-order valence-electron chi connectivity index (χ0n) is 24.2. The van der Waals surface area contributed by atoms with Crippen molar-refractivity contribution >= 4 is 53.1 Å². The molecule has 2 aromatic heterocycles. The van der Waals surface area contributed by atoms with E-state index in [1.807, 2.05) is 17.5 Å². The van der Waals surface area contributed by atoms with Gasteiger partial charge in [0.2, 0.25) is 0 Å². The van der Waals surface area contributed by atoms with Gasteiger partial charge in [0.25, 0.3) is 0 Å². The van der Waals surface area contributed by atoms with Gasteiger partial charge in [0.1, 0.15) is 0 Å². The van der Waals surface area contributed by atoms with Crippen LogP contribution in [0.1, 0.15) is 78.0 Å². The second-order valence-corrected chi connectivity index (χ2v) is 15.0. The molecule has 0 aliphatic heterocycles. The first-order valence-electron chi connectivity index (χ1n) is 14.3. The number of aromatic nitrogens is 1. The lowest BCUT2D eigenvalue weighted by Gasteiger charge is -2.41. The molecule has 6 aromatic rings. The molecule has 0 saturated carbocycles. The van der Waals surface area contributed by atoms with Gasteiger partial charge >= 0.3 is 0 Å². The van der Waals surface area contributed by atoms with E-state index in [0.29, 0.717) is 0 Å². The molecule has 7 rings (SSSR count). The second-order valence-electron chi connectivity index (χ2n) is 14.0. The molecule has 0 bridgehead atoms. The zero-order chi connectivity index (χ0) is 27.3. The maximum atomic E-state index is 4.99. The molecule has 0 atom stereocenters. The number of fused-ring (bicyclic) bond motifs is 7. The van der Waals surface area contributed by atoms with Crippen molar-refractivity contribution in [1.29, 1.82) is 0 Å². The first-order valence-corrected chi connectivity index (χ1v) is 15.1. The topological polar surface area (TPSA) is 12.9 Å². The molecule has 0 saturated heterocycles. The summed E-state index contributed by atoms with van der Waals surface area (Å²) in [4.78, 5) is 4.99. The van der Waals surface area contributed by atoms with E-state index in [0.717, 1.165) is 5.69 Å². The Labute approximate surface area is 235 Å². The number of thiophene rings is 1. The van der Waals surface area contributed by atoms with Gasteiger partial charge in [-0.15, -0.1) is 11.3 Å². The van der Waals surface area contributed by atoms with Gasteiger partial charge in [0.15, 0.2) is 0 Å². The van der Waals surface area contributed by atoms with E-state index in [-0.39, 0.29) is 16.2 Å². The van der Waals surface area contributed by atoms with Gasteiger partial charge in [-0.05, 0) is 98.3 Å². The van der Waals surface area contributed by atoms with Crippen LogP contribution < -0.4 is 0 Å². The molecule has 0 fully saturated rings. The van der Waals surface area contributed by atoms with Crippen molar-refractivity contribution in [3.05, 3.63) is 89.6 Å². The third-order valence-corrected chi connectivity index (χ3v) is 10.4. The predicted molar refractivity (Wildman–Crippen MR) is 172 cm³/mol. The van der Waals surface area contributed by atoms with Crippen LogP contribution >= 0.6 is 11.3 Å². The van der Waals surface area contributed by atoms with E-state index in [4.69, 9.17) is 4.98 Å². The van der Waals surface area contributed by atoms with Gasteiger partial charge in [-0.2, -0.15) is 0 Å². The summed E-state index contributed by atoms with van der Waals surface area (Å²) >= 11 is 1.94. The molecular weight excluding hydrogens is 490 g/mol. The standard InChI is InChI=1S/C37H37NS/c1-35(2,3)28-19-23(18-22-10-8-9-11-24(22)28)34-26-12-13-31-33(25(26)14-17-38-34)27-20-29-30(21-32(27)39-31)37(6,7)16-15-36(29,4)5/h8-14,17-21H,15-16H2,1-7H3. The Hall–Kier alpha value is -3.23. The zero-order valence-corrected chi connectivity index (χ0v) is 25.0. The molecule has 2 heteroatoms. The van der Waals surface area contributed by atoms with Crippen LogP contribution in [0.25, 0.3) is 53.0 Å². The molecule has 0 spiro atoms. The highest BCUT2D eigenvalue weighted by Gasteiger charge is 2.37. The van der Waals surface area contributed by atoms with Crippen LogP contribution in [0.5, 0.6) is 0 Å². The van der Waals surface area contributed by atoms with Crippen LogP contribution in [0, 0.1) is 0 Å². The fourth-order valence-electron chi connectivity index (χ4n) is 6.89. The SMILES string of the molecule is CC(C)(C)c1cc(-c2nccc3c2ccc2sc4cc5c(cc4c23)C(C)(C)CCC5(C)C)cc2ccccc12. The Morgan fingerprint density at radius 3 is 2.15 bits per heavy atom. The smallest absolute Gasteiger partial charge is 0.0780 e. The molecule has 1 aliphatic rings. The second kappa shape index (κ2) is 8.15. The molecular formula is C37H37NS. The van der Waals surface area contributed by atoms with Gasteiger partial charge in [-0.3, -0.25) is 4.98 Å². The normalized spacial score (nSPS) is 16.8. The molecule has 0 radical (unpaired) electrons. The average molecular weight is 528 g/mol. The first-order chi connectivity index (χ1) is 18.4. The van der Waals surface area contributed by atoms with Crippen LogP contribution in [0.15, 0.2) is 72.9 Å². The Morgan fingerprint density at radius 2 is 1.41 bits per heavy atom. The van der Waals surface area contributed by atoms with E-state index in [1.54, 1.807) is 0 Å². The van der Waals surface area contributed by atoms with Crippen LogP contribution in [0.4, 0.5) is 0 Å². The minimum atomic E-state index is 0.0384. The maximum Gasteiger partial charge on any atom is 0.0780 e. The summed E-state index contributed by atoms with van der Waals surface area (Å²) < 4.78 is 2.77. The molecule has 2 heterocycles. The summed E-state index contributed by atoms with van der Waals surface area (Å²) in [5.74, 6) is 0. The lowest BCUT2D eigenvalue weighted by Crippen LogP contribution is -2.33. The molecule has 0 unspecified atom stereocenters. The molecule has 4 aromatic carbocycles. The third kappa shape index (κ3) is 3.75. The van der Waals surface area contributed by atoms with Gasteiger partial charge in [-0.1, -0.05) is 78.8 Å². The summed E-state index contributed by atoms with van der Waals surface area (Å²) in [6.45, 7) is 16.6. The van der Waals surface area contributed by atoms with Gasteiger partial charge in [0.05, 0.1) is 5.69 Å². The predicted octanol–water partition coefficient (Wildman–Crippen LogP) is 11.1. The van der Waals surface area contributed by atoms with Crippen LogP contribution in [0.2, 0.25) is 0 Å². The van der Waals surface area contributed by atoms with Crippen LogP contribution in [-0.4, -0.2) is 4.98 Å². The Bertz CT molecular complexity index is 1940. The van der Waals surface area contributed by atoms with E-state index in [1.165, 1.54) is 76.8 Å². The van der Waals surface area contributed by atoms with E-state index >= 15 is 0 Å². The quantitative estimate of drug-likeness (QED) is 0.207. The van der Waals surface area contributed by atoms with E-state index < -0.39 is 0 Å². The monoisotopic (exact) mass is 527 g/mol. The average Bonchev–Trinajstić information content (AvgIpc) is 3.27. The maximum absolute atomic E-state index is 4.99. The van der Waals surface area contributed by atoms with Gasteiger partial charge in [0, 0.05) is 37.3 Å². The number of pyridine rings is 1. The highest BCUT2D eigenvalue weighted by Crippen LogP contribution is 2.50. The minimum absolute atomic E-state index is 0.0384. The molecule has 0 amide bonds. The minimum Gasteiger partial charge on any atom is -0.256 e. The van der Waals surface area contributed by atoms with Crippen molar-refractivity contribution in [2.75, 3.05) is 0 Å². The molecule has 1 aliphatic carbocycles. The van der Waals surface area contributed by atoms with Gasteiger partial charge in [-0.25, -0.2) is 0 Å². The van der Waals surface area contributed by atoms with Crippen molar-refractivity contribution in [1.82, 2.24) is 4.98 Å². The number of rotatable bonds is 1. The van der Waals surface area contributed by atoms with Crippen LogP contribution in [0.3, 0.4) is 0 Å². The van der Waals surface area contributed by atoms with Crippen molar-refractivity contribution in [2.24, 2.45) is 0 Å². The summed E-state index contributed by atoms with van der Waals surface area (Å²) in [6.07, 6.45) is 4.48. The van der Waals surface area contributed by atoms with Crippen molar-refractivity contribution < 1.29 is 0 Å². The fourth-order valence-corrected chi connectivity index (χ4v) is 8.03. The molecule has 39 heavy (non-hydrogen) atoms. The van der Waals surface area contributed by atoms with Crippen molar-refractivity contribution in [3.8, 4) is 11.3 Å². The summed E-state index contributed by atoms with van der Waals surface area (Å²) in [5.41, 5.74) is 7.16. The lowest BCUT2D eigenvalue weighted by molar-refractivity contribution is 0.332. The Balaban J connectivity index is 1.53. The summed E-state index contributed by atoms with van der Waals surface area (Å²) in [6, 6.07) is 25.4. The number of hydrogen-bond acceptors (Lipinski definition) is 2. The highest BCUT2D eigenvalue weighted by atomic mass is 32.1. The Morgan fingerprint density at radius 1 is 0.692 bits per heavy atom. The third-order valence-electron chi connectivity index (χ3n) is 9.29. The Kier molecular flexibility index (Phi) is 5.18. The number of hydrogen-bond donors (Lipinski definition) is 0. The molecule has 196 valence electrons. The number of benzene rings is 4. The lowest BCUT2D eigenvalue weighted by atomic mass is 9.63. The van der Waals surface area contributed by atoms with Crippen molar-refractivity contribution in [2.45, 2.75) is 77.6 Å². The van der Waals surface area contributed by atoms with E-state index in [2.05, 4.69) is 115 Å². The molecule has 1 nitrogen and oxygen atoms in total. The highest BCUT2D eigenvalue weighted by molar-refractivity contribution is 7.26. The largest absolute Gasteiger partial charge is 0.256 e. The van der Waals surface area contributed by atoms with E-state index in [9.17, 15) is 0 Å². The summed E-state index contributed by atoms with van der Waals surface area (Å²) in [7, 11) is 0. The van der Waals surface area contributed by atoms with Gasteiger partial charge < -0.3 is 0 Å². The number of nitrogens with zero attached hydrogens (tertiary/aromatic N) is 1. The fraction of sp³-hybridized carbons (Fsp3) is 0.324. The summed E-state index contributed by atoms with van der Waals surface area (Å²) in [5, 5.41) is 7.93. The molecule has 0 N–H and O–H groups in total. The van der Waals surface area contributed by atoms with Crippen molar-refractivity contribution in [3.63, 3.8) is 0 Å². The first kappa shape index (κ1) is 24.8. The van der Waals surface area contributed by atoms with Crippen LogP contribution in [-0.2, 0) is 16.2 Å².